The Morgan fingerprint density at radius 3 is 2.68 bits per heavy atom. The average molecular weight is 422 g/mol. The van der Waals surface area contributed by atoms with E-state index >= 15 is 0 Å². The molecular weight excluding hydrogens is 397 g/mol. The Labute approximate surface area is 165 Å². The van der Waals surface area contributed by atoms with Gasteiger partial charge in [-0.25, -0.2) is 4.79 Å². The van der Waals surface area contributed by atoms with Gasteiger partial charge in [-0.3, -0.25) is 4.79 Å². The second-order valence-corrected chi connectivity index (χ2v) is 8.16. The molecule has 158 valence electrons. The molecular formula is C18H25F3N2O4S. The van der Waals surface area contributed by atoms with E-state index < -0.39 is 12.1 Å². The van der Waals surface area contributed by atoms with Crippen LogP contribution in [0.25, 0.3) is 0 Å². The molecule has 3 rings (SSSR count). The van der Waals surface area contributed by atoms with Crippen LogP contribution in [0.5, 0.6) is 0 Å². The number of amides is 1. The number of carbonyl (C=O) groups is 2. The van der Waals surface area contributed by atoms with Gasteiger partial charge in [-0.05, 0) is 42.7 Å². The van der Waals surface area contributed by atoms with Crippen LogP contribution in [0.2, 0.25) is 0 Å². The van der Waals surface area contributed by atoms with E-state index in [1.165, 1.54) is 4.88 Å². The lowest BCUT2D eigenvalue weighted by Gasteiger charge is -2.32. The molecule has 0 aromatic carbocycles. The molecule has 2 aliphatic heterocycles. The molecule has 0 unspecified atom stereocenters. The van der Waals surface area contributed by atoms with Gasteiger partial charge in [-0.15, -0.1) is 11.3 Å². The van der Waals surface area contributed by atoms with Crippen molar-refractivity contribution in [2.75, 3.05) is 39.9 Å². The molecule has 2 fully saturated rings. The topological polar surface area (TPSA) is 78.9 Å². The zero-order valence-corrected chi connectivity index (χ0v) is 16.4. The number of halogens is 3. The van der Waals surface area contributed by atoms with Gasteiger partial charge in [0.05, 0.1) is 13.2 Å². The molecule has 3 atom stereocenters. The summed E-state index contributed by atoms with van der Waals surface area (Å²) in [5.41, 5.74) is 0. The second kappa shape index (κ2) is 10.2. The summed E-state index contributed by atoms with van der Waals surface area (Å²) in [4.78, 5) is 24.7. The number of nitrogens with one attached hydrogen (secondary N) is 1. The third kappa shape index (κ3) is 7.06. The molecule has 0 saturated carbocycles. The van der Waals surface area contributed by atoms with Crippen LogP contribution < -0.4 is 5.32 Å². The molecule has 0 radical (unpaired) electrons. The molecule has 0 spiro atoms. The number of carboxylic acid groups (broad SMARTS) is 1. The summed E-state index contributed by atoms with van der Waals surface area (Å²) in [5, 5.41) is 12.3. The van der Waals surface area contributed by atoms with Crippen molar-refractivity contribution in [3.63, 3.8) is 0 Å². The number of rotatable bonds is 5. The number of carbonyl (C=O) groups excluding carboxylic acids is 1. The third-order valence-electron chi connectivity index (χ3n) is 4.91. The summed E-state index contributed by atoms with van der Waals surface area (Å²) < 4.78 is 37.4. The van der Waals surface area contributed by atoms with Crippen molar-refractivity contribution in [3.05, 3.63) is 22.4 Å². The lowest BCUT2D eigenvalue weighted by Crippen LogP contribution is -2.38. The number of fused-ring (bicyclic) bond motifs is 1. The molecule has 1 aromatic rings. The Bertz CT molecular complexity index is 639. The molecule has 1 amide bonds. The van der Waals surface area contributed by atoms with E-state index in [9.17, 15) is 18.0 Å². The highest BCUT2D eigenvalue weighted by Crippen LogP contribution is 2.34. The quantitative estimate of drug-likeness (QED) is 0.761. The van der Waals surface area contributed by atoms with Crippen molar-refractivity contribution < 1.29 is 32.6 Å². The van der Waals surface area contributed by atoms with E-state index in [1.54, 1.807) is 11.3 Å². The lowest BCUT2D eigenvalue weighted by molar-refractivity contribution is -0.192. The van der Waals surface area contributed by atoms with Crippen molar-refractivity contribution in [3.8, 4) is 0 Å². The summed E-state index contributed by atoms with van der Waals surface area (Å²) in [6, 6.07) is 4.17. The molecule has 1 aromatic heterocycles. The molecule has 2 N–H and O–H groups in total. The molecule has 2 aliphatic rings. The monoisotopic (exact) mass is 422 g/mol. The molecule has 0 aliphatic carbocycles. The first-order valence-electron chi connectivity index (χ1n) is 9.02. The Balaban J connectivity index is 0.000000345. The van der Waals surface area contributed by atoms with Crippen molar-refractivity contribution in [1.29, 1.82) is 0 Å². The van der Waals surface area contributed by atoms with Gasteiger partial charge in [0, 0.05) is 30.9 Å². The maximum Gasteiger partial charge on any atom is 0.490 e. The zero-order chi connectivity index (χ0) is 20.7. The third-order valence-corrected chi connectivity index (χ3v) is 5.84. The first-order valence-corrected chi connectivity index (χ1v) is 9.90. The van der Waals surface area contributed by atoms with E-state index in [2.05, 4.69) is 34.8 Å². The van der Waals surface area contributed by atoms with Crippen molar-refractivity contribution in [2.45, 2.75) is 19.0 Å². The number of thiophene rings is 1. The number of nitrogens with zero attached hydrogens (tertiary/aromatic N) is 1. The fraction of sp³-hybridized carbons (Fsp3) is 0.667. The predicted octanol–water partition coefficient (Wildman–Crippen LogP) is 2.25. The molecule has 3 heterocycles. The Kier molecular flexibility index (Phi) is 8.26. The number of hydrogen-bond donors (Lipinski definition) is 2. The fourth-order valence-electron chi connectivity index (χ4n) is 3.62. The highest BCUT2D eigenvalue weighted by molar-refractivity contribution is 7.09. The lowest BCUT2D eigenvalue weighted by atomic mass is 9.81. The Hall–Kier alpha value is -1.65. The fourth-order valence-corrected chi connectivity index (χ4v) is 4.33. The summed E-state index contributed by atoms with van der Waals surface area (Å²) in [6.45, 7) is 4.57. The maximum atomic E-state index is 12.1. The molecule has 0 bridgehead atoms. The number of hydrogen-bond acceptors (Lipinski definition) is 5. The zero-order valence-electron chi connectivity index (χ0n) is 15.6. The number of alkyl halides is 3. The van der Waals surface area contributed by atoms with Crippen LogP contribution in [0.4, 0.5) is 13.2 Å². The van der Waals surface area contributed by atoms with Crippen molar-refractivity contribution in [1.82, 2.24) is 10.2 Å². The van der Waals surface area contributed by atoms with E-state index in [4.69, 9.17) is 14.6 Å². The number of likely N-dealkylation sites (tertiary alicyclic amines) is 1. The first kappa shape index (κ1) is 22.6. The van der Waals surface area contributed by atoms with Gasteiger partial charge in [-0.1, -0.05) is 6.07 Å². The van der Waals surface area contributed by atoms with Gasteiger partial charge in [0.2, 0.25) is 5.91 Å². The van der Waals surface area contributed by atoms with Gasteiger partial charge in [0.25, 0.3) is 0 Å². The molecule has 6 nitrogen and oxygen atoms in total. The van der Waals surface area contributed by atoms with Crippen LogP contribution in [0.3, 0.4) is 0 Å². The number of ether oxygens (including phenoxy) is 1. The number of aliphatic carboxylic acids is 1. The van der Waals surface area contributed by atoms with Crippen LogP contribution >= 0.6 is 11.3 Å². The minimum Gasteiger partial charge on any atom is -0.475 e. The average Bonchev–Trinajstić information content (AvgIpc) is 3.23. The molecule has 10 heteroatoms. The van der Waals surface area contributed by atoms with Crippen molar-refractivity contribution >= 4 is 23.2 Å². The van der Waals surface area contributed by atoms with E-state index in [1.807, 2.05) is 0 Å². The standard InChI is InChI=1S/C16H24N2O2S.C2HF3O2/c1-18-8-13-11-20-10-12(15(13)9-18)7-16(19)17-5-4-14-3-2-6-21-14;3-2(4,5)1(6)7/h2-3,6,12-13,15H,4-5,7-11H2,1H3,(H,17,19);(H,6,7)/t12-,13-,15+;/m1./s1. The summed E-state index contributed by atoms with van der Waals surface area (Å²) in [7, 11) is 2.16. The summed E-state index contributed by atoms with van der Waals surface area (Å²) in [5.74, 6) is -0.947. The van der Waals surface area contributed by atoms with Gasteiger partial charge in [0.15, 0.2) is 0 Å². The van der Waals surface area contributed by atoms with Gasteiger partial charge < -0.3 is 20.1 Å². The first-order chi connectivity index (χ1) is 13.2. The van der Waals surface area contributed by atoms with Crippen LogP contribution in [0.1, 0.15) is 11.3 Å². The van der Waals surface area contributed by atoms with Crippen LogP contribution in [0, 0.1) is 17.8 Å². The normalized spacial score (nSPS) is 24.8. The van der Waals surface area contributed by atoms with Gasteiger partial charge in [0.1, 0.15) is 0 Å². The SMILES string of the molecule is CN1C[C@@H]2COC[C@@H](CC(=O)NCCc3cccs3)[C@@H]2C1.O=C(O)C(F)(F)F. The minimum atomic E-state index is -5.08. The summed E-state index contributed by atoms with van der Waals surface area (Å²) >= 11 is 1.75. The highest BCUT2D eigenvalue weighted by Gasteiger charge is 2.40. The van der Waals surface area contributed by atoms with Crippen LogP contribution in [0.15, 0.2) is 17.5 Å². The Morgan fingerprint density at radius 2 is 2.07 bits per heavy atom. The van der Waals surface area contributed by atoms with Gasteiger partial charge >= 0.3 is 12.1 Å². The highest BCUT2D eigenvalue weighted by atomic mass is 32.1. The maximum absolute atomic E-state index is 12.1. The van der Waals surface area contributed by atoms with Crippen LogP contribution in [-0.2, 0) is 20.7 Å². The van der Waals surface area contributed by atoms with Crippen LogP contribution in [-0.4, -0.2) is 68.0 Å². The second-order valence-electron chi connectivity index (χ2n) is 7.13. The largest absolute Gasteiger partial charge is 0.490 e. The van der Waals surface area contributed by atoms with E-state index in [0.29, 0.717) is 24.2 Å². The predicted molar refractivity (Wildman–Crippen MR) is 98.1 cm³/mol. The number of carboxylic acids is 1. The van der Waals surface area contributed by atoms with E-state index in [0.717, 1.165) is 39.3 Å². The smallest absolute Gasteiger partial charge is 0.475 e. The van der Waals surface area contributed by atoms with E-state index in [-0.39, 0.29) is 5.91 Å². The minimum absolute atomic E-state index is 0.176. The summed E-state index contributed by atoms with van der Waals surface area (Å²) in [6.07, 6.45) is -3.54. The molecule has 2 saturated heterocycles. The van der Waals surface area contributed by atoms with Gasteiger partial charge in [-0.2, -0.15) is 13.2 Å². The molecule has 28 heavy (non-hydrogen) atoms. The van der Waals surface area contributed by atoms with Crippen molar-refractivity contribution in [2.24, 2.45) is 17.8 Å². The Morgan fingerprint density at radius 1 is 1.36 bits per heavy atom.